The lowest BCUT2D eigenvalue weighted by molar-refractivity contribution is -0.147. The normalized spacial score (nSPS) is 11.8. The zero-order valence-corrected chi connectivity index (χ0v) is 18.0. The number of nitrogens with one attached hydrogen (secondary N) is 1. The van der Waals surface area contributed by atoms with Crippen molar-refractivity contribution in [2.24, 2.45) is 0 Å². The molecule has 31 heavy (non-hydrogen) atoms. The molecule has 3 rings (SSSR count). The standard InChI is InChI=1S/C23H23NO6S/c1-14-4-3-5-15(10-14)22(27)24-19(8-9-31-2)23(28)29-13-16-11-21(26)30-20-12-17(25)6-7-18(16)20/h3-7,10-12,19,25H,8-9,13H2,1-2H3,(H,24,27)/t19-/m0/s1. The Balaban J connectivity index is 1.74. The molecule has 1 heterocycles. The number of fused-ring (bicyclic) bond motifs is 1. The van der Waals surface area contributed by atoms with E-state index in [4.69, 9.17) is 9.15 Å². The third-order valence-corrected chi connectivity index (χ3v) is 5.31. The Kier molecular flexibility index (Phi) is 7.36. The Labute approximate surface area is 183 Å². The van der Waals surface area contributed by atoms with Gasteiger partial charge in [-0.1, -0.05) is 17.7 Å². The minimum absolute atomic E-state index is 0.0409. The summed E-state index contributed by atoms with van der Waals surface area (Å²) in [5, 5.41) is 12.9. The molecule has 2 N–H and O–H groups in total. The van der Waals surface area contributed by atoms with Gasteiger partial charge >= 0.3 is 11.6 Å². The van der Waals surface area contributed by atoms with Crippen LogP contribution in [-0.2, 0) is 16.1 Å². The number of ether oxygens (including phenoxy) is 1. The van der Waals surface area contributed by atoms with Crippen molar-refractivity contribution in [2.45, 2.75) is 26.0 Å². The van der Waals surface area contributed by atoms with Gasteiger partial charge in [0.15, 0.2) is 0 Å². The van der Waals surface area contributed by atoms with Crippen LogP contribution in [0.2, 0.25) is 0 Å². The van der Waals surface area contributed by atoms with Crippen molar-refractivity contribution in [3.05, 3.63) is 75.6 Å². The molecular formula is C23H23NO6S. The van der Waals surface area contributed by atoms with Crippen LogP contribution in [0.3, 0.4) is 0 Å². The molecular weight excluding hydrogens is 418 g/mol. The summed E-state index contributed by atoms with van der Waals surface area (Å²) < 4.78 is 10.5. The average Bonchev–Trinajstić information content (AvgIpc) is 2.74. The number of phenols is 1. The average molecular weight is 442 g/mol. The van der Waals surface area contributed by atoms with Gasteiger partial charge in [0.25, 0.3) is 5.91 Å². The van der Waals surface area contributed by atoms with Gasteiger partial charge in [0, 0.05) is 28.6 Å². The number of carbonyl (C=O) groups excluding carboxylic acids is 2. The molecule has 0 radical (unpaired) electrons. The summed E-state index contributed by atoms with van der Waals surface area (Å²) in [5.41, 5.74) is 1.44. The lowest BCUT2D eigenvalue weighted by Gasteiger charge is -2.18. The number of thioether (sulfide) groups is 1. The third-order valence-electron chi connectivity index (χ3n) is 4.66. The fraction of sp³-hybridized carbons (Fsp3) is 0.261. The summed E-state index contributed by atoms with van der Waals surface area (Å²) in [5.74, 6) is -0.325. The van der Waals surface area contributed by atoms with Gasteiger partial charge in [0.2, 0.25) is 0 Å². The van der Waals surface area contributed by atoms with Gasteiger partial charge in [-0.2, -0.15) is 11.8 Å². The number of rotatable bonds is 8. The second-order valence-electron chi connectivity index (χ2n) is 7.06. The number of amides is 1. The summed E-state index contributed by atoms with van der Waals surface area (Å²) in [6, 6.07) is 11.9. The number of esters is 1. The Morgan fingerprint density at radius 2 is 2.00 bits per heavy atom. The predicted octanol–water partition coefficient (Wildman–Crippen LogP) is 3.40. The summed E-state index contributed by atoms with van der Waals surface area (Å²) in [7, 11) is 0. The van der Waals surface area contributed by atoms with Crippen molar-refractivity contribution in [1.82, 2.24) is 5.32 Å². The Morgan fingerprint density at radius 1 is 1.19 bits per heavy atom. The molecule has 2 aromatic carbocycles. The molecule has 0 fully saturated rings. The lowest BCUT2D eigenvalue weighted by atomic mass is 10.1. The van der Waals surface area contributed by atoms with E-state index in [9.17, 15) is 19.5 Å². The monoisotopic (exact) mass is 441 g/mol. The van der Waals surface area contributed by atoms with Crippen molar-refractivity contribution in [1.29, 1.82) is 0 Å². The van der Waals surface area contributed by atoms with Crippen molar-refractivity contribution < 1.29 is 23.8 Å². The molecule has 3 aromatic rings. The van der Waals surface area contributed by atoms with E-state index in [0.29, 0.717) is 28.7 Å². The highest BCUT2D eigenvalue weighted by atomic mass is 32.2. The SMILES string of the molecule is CSCC[C@H](NC(=O)c1cccc(C)c1)C(=O)OCc1cc(=O)oc2cc(O)ccc12. The fourth-order valence-electron chi connectivity index (χ4n) is 3.10. The van der Waals surface area contributed by atoms with E-state index in [2.05, 4.69) is 5.32 Å². The minimum Gasteiger partial charge on any atom is -0.508 e. The van der Waals surface area contributed by atoms with E-state index in [1.54, 1.807) is 36.0 Å². The van der Waals surface area contributed by atoms with Crippen LogP contribution in [0.5, 0.6) is 5.75 Å². The van der Waals surface area contributed by atoms with Crippen LogP contribution in [0.25, 0.3) is 11.0 Å². The molecule has 0 aliphatic carbocycles. The molecule has 1 atom stereocenters. The van der Waals surface area contributed by atoms with Crippen LogP contribution in [-0.4, -0.2) is 35.0 Å². The van der Waals surface area contributed by atoms with Gasteiger partial charge in [0.05, 0.1) is 0 Å². The molecule has 0 saturated carbocycles. The number of carbonyl (C=O) groups is 2. The summed E-state index contributed by atoms with van der Waals surface area (Å²) in [6.07, 6.45) is 2.32. The van der Waals surface area contributed by atoms with Crippen LogP contribution in [0.1, 0.15) is 27.9 Å². The van der Waals surface area contributed by atoms with E-state index >= 15 is 0 Å². The second-order valence-corrected chi connectivity index (χ2v) is 8.04. The summed E-state index contributed by atoms with van der Waals surface area (Å²) >= 11 is 1.56. The number of hydrogen-bond acceptors (Lipinski definition) is 7. The van der Waals surface area contributed by atoms with Crippen molar-refractivity contribution in [3.63, 3.8) is 0 Å². The van der Waals surface area contributed by atoms with E-state index in [-0.39, 0.29) is 23.8 Å². The minimum atomic E-state index is -0.823. The first-order valence-corrected chi connectivity index (χ1v) is 11.1. The smallest absolute Gasteiger partial charge is 0.336 e. The number of aromatic hydroxyl groups is 1. The van der Waals surface area contributed by atoms with E-state index < -0.39 is 17.6 Å². The van der Waals surface area contributed by atoms with Gasteiger partial charge < -0.3 is 19.6 Å². The second kappa shape index (κ2) is 10.2. The Bertz CT molecular complexity index is 1160. The summed E-state index contributed by atoms with van der Waals surface area (Å²) in [6.45, 7) is 1.72. The zero-order valence-electron chi connectivity index (χ0n) is 17.2. The highest BCUT2D eigenvalue weighted by Crippen LogP contribution is 2.22. The topological polar surface area (TPSA) is 106 Å². The highest BCUT2D eigenvalue weighted by molar-refractivity contribution is 7.98. The molecule has 7 nitrogen and oxygen atoms in total. The largest absolute Gasteiger partial charge is 0.508 e. The number of phenolic OH excluding ortho intramolecular Hbond substituents is 1. The first-order valence-electron chi connectivity index (χ1n) is 9.66. The number of benzene rings is 2. The van der Waals surface area contributed by atoms with Gasteiger partial charge in [0.1, 0.15) is 24.0 Å². The van der Waals surface area contributed by atoms with E-state index in [0.717, 1.165) is 5.56 Å². The lowest BCUT2D eigenvalue weighted by Crippen LogP contribution is -2.42. The van der Waals surface area contributed by atoms with Crippen molar-refractivity contribution >= 4 is 34.6 Å². The Hall–Kier alpha value is -3.26. The molecule has 0 aliphatic rings. The van der Waals surface area contributed by atoms with E-state index in [1.807, 2.05) is 19.2 Å². The third kappa shape index (κ3) is 5.88. The van der Waals surface area contributed by atoms with Gasteiger partial charge in [-0.15, -0.1) is 0 Å². The molecule has 0 aliphatic heterocycles. The molecule has 0 unspecified atom stereocenters. The maximum absolute atomic E-state index is 12.7. The molecule has 162 valence electrons. The van der Waals surface area contributed by atoms with Crippen molar-refractivity contribution in [3.8, 4) is 5.75 Å². The quantitative estimate of drug-likeness (QED) is 0.408. The fourth-order valence-corrected chi connectivity index (χ4v) is 3.57. The molecule has 0 bridgehead atoms. The van der Waals surface area contributed by atoms with E-state index in [1.165, 1.54) is 18.2 Å². The van der Waals surface area contributed by atoms with Gasteiger partial charge in [-0.25, -0.2) is 9.59 Å². The first kappa shape index (κ1) is 22.4. The molecule has 1 aromatic heterocycles. The van der Waals surface area contributed by atoms with Gasteiger partial charge in [-0.3, -0.25) is 4.79 Å². The zero-order chi connectivity index (χ0) is 22.4. The number of hydrogen-bond donors (Lipinski definition) is 2. The molecule has 0 saturated heterocycles. The predicted molar refractivity (Wildman–Crippen MR) is 119 cm³/mol. The van der Waals surface area contributed by atoms with Crippen LogP contribution in [0.15, 0.2) is 57.7 Å². The highest BCUT2D eigenvalue weighted by Gasteiger charge is 2.23. The molecule has 1 amide bonds. The number of aryl methyl sites for hydroxylation is 1. The van der Waals surface area contributed by atoms with Crippen LogP contribution in [0.4, 0.5) is 0 Å². The van der Waals surface area contributed by atoms with Crippen LogP contribution >= 0.6 is 11.8 Å². The molecule has 0 spiro atoms. The van der Waals surface area contributed by atoms with Crippen molar-refractivity contribution in [2.75, 3.05) is 12.0 Å². The first-order chi connectivity index (χ1) is 14.9. The maximum Gasteiger partial charge on any atom is 0.336 e. The Morgan fingerprint density at radius 3 is 2.74 bits per heavy atom. The maximum atomic E-state index is 12.7. The molecule has 8 heteroatoms. The van der Waals surface area contributed by atoms with Gasteiger partial charge in [-0.05, 0) is 49.6 Å². The van der Waals surface area contributed by atoms with Crippen LogP contribution in [0, 0.1) is 6.92 Å². The van der Waals surface area contributed by atoms with Crippen LogP contribution < -0.4 is 10.9 Å². The summed E-state index contributed by atoms with van der Waals surface area (Å²) in [4.78, 5) is 37.2.